The first-order chi connectivity index (χ1) is 13.9. The molecule has 0 aliphatic rings. The van der Waals surface area contributed by atoms with E-state index in [1.54, 1.807) is 11.6 Å². The number of benzene rings is 2. The highest BCUT2D eigenvalue weighted by molar-refractivity contribution is 7.99. The van der Waals surface area contributed by atoms with E-state index in [-0.39, 0.29) is 21.7 Å². The average Bonchev–Trinajstić information content (AvgIpc) is 3.10. The zero-order chi connectivity index (χ0) is 21.0. The van der Waals surface area contributed by atoms with Crippen LogP contribution in [0.2, 0.25) is 0 Å². The molecule has 0 spiro atoms. The highest BCUT2D eigenvalue weighted by atomic mass is 32.2. The van der Waals surface area contributed by atoms with Crippen molar-refractivity contribution in [2.24, 2.45) is 7.05 Å². The van der Waals surface area contributed by atoms with Crippen molar-refractivity contribution in [1.82, 2.24) is 25.6 Å². The van der Waals surface area contributed by atoms with Crippen LogP contribution >= 0.6 is 11.8 Å². The van der Waals surface area contributed by atoms with Crippen LogP contribution in [0.25, 0.3) is 0 Å². The fraction of sp³-hybridized carbons (Fsp3) is 0.0588. The molecule has 0 aliphatic carbocycles. The van der Waals surface area contributed by atoms with Gasteiger partial charge in [-0.1, -0.05) is 12.1 Å². The minimum atomic E-state index is -0.861. The zero-order valence-electron chi connectivity index (χ0n) is 14.8. The maximum atomic E-state index is 13.6. The smallest absolute Gasteiger partial charge is 0.284 e. The lowest BCUT2D eigenvalue weighted by Crippen LogP contribution is -2.41. The van der Waals surface area contributed by atoms with Crippen molar-refractivity contribution in [3.05, 3.63) is 75.9 Å². The molecular formula is C17H13FN6O4S. The first-order valence-corrected chi connectivity index (χ1v) is 8.84. The van der Waals surface area contributed by atoms with Crippen LogP contribution in [0.3, 0.4) is 0 Å². The number of aromatic nitrogens is 3. The Balaban J connectivity index is 1.74. The number of carbonyl (C=O) groups is 2. The number of hydrogen-bond acceptors (Lipinski definition) is 7. The highest BCUT2D eigenvalue weighted by Gasteiger charge is 2.20. The summed E-state index contributed by atoms with van der Waals surface area (Å²) in [6, 6.07) is 9.07. The van der Waals surface area contributed by atoms with Crippen molar-refractivity contribution in [1.29, 1.82) is 0 Å². The van der Waals surface area contributed by atoms with Crippen LogP contribution in [-0.4, -0.2) is 31.5 Å². The molecule has 1 aromatic heterocycles. The Morgan fingerprint density at radius 3 is 2.55 bits per heavy atom. The number of nitrogens with one attached hydrogen (secondary N) is 2. The van der Waals surface area contributed by atoms with Crippen LogP contribution < -0.4 is 10.9 Å². The molecule has 0 radical (unpaired) electrons. The van der Waals surface area contributed by atoms with Crippen molar-refractivity contribution in [3.63, 3.8) is 0 Å². The third-order valence-corrected chi connectivity index (χ3v) is 4.81. The van der Waals surface area contributed by atoms with Crippen LogP contribution in [0.15, 0.2) is 58.8 Å². The summed E-state index contributed by atoms with van der Waals surface area (Å²) in [4.78, 5) is 35.2. The third kappa shape index (κ3) is 4.55. The minimum absolute atomic E-state index is 0.0622. The van der Waals surface area contributed by atoms with Gasteiger partial charge >= 0.3 is 0 Å². The van der Waals surface area contributed by atoms with Gasteiger partial charge in [0, 0.05) is 18.7 Å². The Kier molecular flexibility index (Phi) is 5.83. The van der Waals surface area contributed by atoms with Gasteiger partial charge in [0.1, 0.15) is 12.1 Å². The van der Waals surface area contributed by atoms with Crippen molar-refractivity contribution < 1.29 is 18.9 Å². The molecule has 0 unspecified atom stereocenters. The first kappa shape index (κ1) is 19.9. The summed E-state index contributed by atoms with van der Waals surface area (Å²) < 4.78 is 15.2. The largest absolute Gasteiger partial charge is 0.311 e. The summed E-state index contributed by atoms with van der Waals surface area (Å²) in [5.41, 5.74) is 3.54. The molecule has 0 fully saturated rings. The van der Waals surface area contributed by atoms with Gasteiger partial charge in [0.15, 0.2) is 5.16 Å². The van der Waals surface area contributed by atoms with Crippen LogP contribution in [0.1, 0.15) is 20.7 Å². The summed E-state index contributed by atoms with van der Waals surface area (Å²) in [5.74, 6) is -2.41. The number of carbonyl (C=O) groups excluding carboxylic acids is 2. The highest BCUT2D eigenvalue weighted by Crippen LogP contribution is 2.34. The van der Waals surface area contributed by atoms with E-state index in [9.17, 15) is 24.1 Å². The summed E-state index contributed by atoms with van der Waals surface area (Å²) in [5, 5.41) is 19.4. The lowest BCUT2D eigenvalue weighted by molar-refractivity contribution is -0.387. The number of hydrazine groups is 1. The Bertz CT molecular complexity index is 1100. The van der Waals surface area contributed by atoms with Gasteiger partial charge in [0.05, 0.1) is 15.4 Å². The fourth-order valence-corrected chi connectivity index (χ4v) is 3.10. The van der Waals surface area contributed by atoms with Gasteiger partial charge in [-0.05, 0) is 36.0 Å². The van der Waals surface area contributed by atoms with E-state index >= 15 is 0 Å². The molecule has 0 atom stereocenters. The first-order valence-electron chi connectivity index (χ1n) is 8.02. The van der Waals surface area contributed by atoms with Crippen LogP contribution in [0.4, 0.5) is 10.1 Å². The molecule has 0 saturated carbocycles. The Labute approximate surface area is 167 Å². The van der Waals surface area contributed by atoms with Crippen LogP contribution in [0.5, 0.6) is 0 Å². The SMILES string of the molecule is Cn1cnnc1Sc1ccc(C(=O)NNC(=O)c2ccccc2F)cc1[N+](=O)[O-]. The molecular weight excluding hydrogens is 403 g/mol. The number of hydrogen-bond donors (Lipinski definition) is 2. The van der Waals surface area contributed by atoms with Crippen molar-refractivity contribution in [3.8, 4) is 0 Å². The average molecular weight is 416 g/mol. The second-order valence-electron chi connectivity index (χ2n) is 5.65. The normalized spacial score (nSPS) is 10.4. The molecule has 0 aliphatic heterocycles. The molecule has 2 N–H and O–H groups in total. The molecule has 12 heteroatoms. The maximum absolute atomic E-state index is 13.6. The predicted octanol–water partition coefficient (Wildman–Crippen LogP) is 2.09. The van der Waals surface area contributed by atoms with E-state index in [0.717, 1.165) is 23.9 Å². The molecule has 0 saturated heterocycles. The van der Waals surface area contributed by atoms with Gasteiger partial charge in [-0.25, -0.2) is 4.39 Å². The Hall–Kier alpha value is -3.80. The monoisotopic (exact) mass is 416 g/mol. The quantitative estimate of drug-likeness (QED) is 0.481. The summed E-state index contributed by atoms with van der Waals surface area (Å²) in [6.07, 6.45) is 1.45. The van der Waals surface area contributed by atoms with Gasteiger partial charge in [0.25, 0.3) is 17.5 Å². The predicted molar refractivity (Wildman–Crippen MR) is 99.6 cm³/mol. The fourth-order valence-electron chi connectivity index (χ4n) is 2.25. The van der Waals surface area contributed by atoms with Crippen molar-refractivity contribution in [2.45, 2.75) is 10.1 Å². The second kappa shape index (κ2) is 8.48. The zero-order valence-corrected chi connectivity index (χ0v) is 15.6. The van der Waals surface area contributed by atoms with E-state index in [4.69, 9.17) is 0 Å². The Morgan fingerprint density at radius 1 is 1.17 bits per heavy atom. The van der Waals surface area contributed by atoms with Gasteiger partial charge in [-0.3, -0.25) is 30.6 Å². The second-order valence-corrected chi connectivity index (χ2v) is 6.66. The van der Waals surface area contributed by atoms with Crippen LogP contribution in [-0.2, 0) is 7.05 Å². The van der Waals surface area contributed by atoms with Crippen molar-refractivity contribution in [2.75, 3.05) is 0 Å². The van der Waals surface area contributed by atoms with Crippen molar-refractivity contribution >= 4 is 29.3 Å². The number of nitro groups is 1. The molecule has 0 bridgehead atoms. The van der Waals surface area contributed by atoms with Crippen LogP contribution in [0, 0.1) is 15.9 Å². The van der Waals surface area contributed by atoms with E-state index < -0.39 is 22.6 Å². The summed E-state index contributed by atoms with van der Waals surface area (Å²) in [6.45, 7) is 0. The van der Waals surface area contributed by atoms with Gasteiger partial charge < -0.3 is 4.57 Å². The summed E-state index contributed by atoms with van der Waals surface area (Å²) >= 11 is 1.02. The molecule has 3 rings (SSSR count). The lowest BCUT2D eigenvalue weighted by atomic mass is 10.2. The van der Waals surface area contributed by atoms with Gasteiger partial charge in [-0.15, -0.1) is 10.2 Å². The topological polar surface area (TPSA) is 132 Å². The Morgan fingerprint density at radius 2 is 1.90 bits per heavy atom. The summed E-state index contributed by atoms with van der Waals surface area (Å²) in [7, 11) is 1.69. The van der Waals surface area contributed by atoms with Gasteiger partial charge in [-0.2, -0.15) is 0 Å². The maximum Gasteiger partial charge on any atom is 0.284 e. The molecule has 10 nitrogen and oxygen atoms in total. The van der Waals surface area contributed by atoms with E-state index in [2.05, 4.69) is 21.0 Å². The number of amides is 2. The van der Waals surface area contributed by atoms with E-state index in [0.29, 0.717) is 5.16 Å². The van der Waals surface area contributed by atoms with E-state index in [1.807, 2.05) is 0 Å². The number of aryl methyl sites for hydroxylation is 1. The molecule has 3 aromatic rings. The number of halogens is 1. The molecule has 29 heavy (non-hydrogen) atoms. The lowest BCUT2D eigenvalue weighted by Gasteiger charge is -2.09. The number of nitro benzene ring substituents is 1. The standard InChI is InChI=1S/C17H13FN6O4S/c1-23-9-19-22-17(23)29-14-7-6-10(8-13(14)24(27)28)15(25)20-21-16(26)11-4-2-3-5-12(11)18/h2-9H,1H3,(H,20,25)(H,21,26). The molecule has 1 heterocycles. The molecule has 2 aromatic carbocycles. The molecule has 148 valence electrons. The number of rotatable bonds is 5. The van der Waals surface area contributed by atoms with Gasteiger partial charge in [0.2, 0.25) is 0 Å². The third-order valence-electron chi connectivity index (χ3n) is 3.70. The van der Waals surface area contributed by atoms with E-state index in [1.165, 1.54) is 36.7 Å². The molecule has 2 amide bonds. The number of nitrogens with zero attached hydrogens (tertiary/aromatic N) is 4. The minimum Gasteiger partial charge on any atom is -0.311 e.